The van der Waals surface area contributed by atoms with Crippen LogP contribution in [0.3, 0.4) is 0 Å². The normalized spacial score (nSPS) is 11.8. The molecule has 0 aliphatic heterocycles. The molecule has 1 unspecified atom stereocenters. The van der Waals surface area contributed by atoms with Gasteiger partial charge in [0.1, 0.15) is 11.5 Å². The minimum atomic E-state index is -0.433. The lowest BCUT2D eigenvalue weighted by molar-refractivity contribution is 0.627. The zero-order chi connectivity index (χ0) is 27.5. The quantitative estimate of drug-likeness (QED) is 0.168. The Morgan fingerprint density at radius 1 is 1.05 bits per heavy atom. The Labute approximate surface area is 225 Å². The predicted octanol–water partition coefficient (Wildman–Crippen LogP) is 6.73. The van der Waals surface area contributed by atoms with Crippen molar-refractivity contribution in [3.05, 3.63) is 124 Å². The van der Waals surface area contributed by atoms with Gasteiger partial charge in [-0.1, -0.05) is 36.4 Å². The number of nitrogens with zero attached hydrogens (tertiary/aromatic N) is 3. The highest BCUT2D eigenvalue weighted by Gasteiger charge is 2.18. The lowest BCUT2D eigenvalue weighted by Gasteiger charge is -2.18. The largest absolute Gasteiger partial charge is 0.340 e. The van der Waals surface area contributed by atoms with Crippen LogP contribution in [0.1, 0.15) is 33.9 Å². The maximum absolute atomic E-state index is 15.4. The number of aromatic amines is 2. The van der Waals surface area contributed by atoms with E-state index < -0.39 is 5.82 Å². The van der Waals surface area contributed by atoms with E-state index >= 15 is 4.39 Å². The molecule has 7 heteroatoms. The molecule has 194 valence electrons. The van der Waals surface area contributed by atoms with E-state index in [1.54, 1.807) is 0 Å². The number of allylic oxidation sites excluding steroid dienone is 1. The van der Waals surface area contributed by atoms with Crippen LogP contribution in [0.2, 0.25) is 0 Å². The molecule has 0 radical (unpaired) electrons. The number of H-pyrrole nitrogens is 2. The summed E-state index contributed by atoms with van der Waals surface area (Å²) in [5.74, 6) is -0.569. The molecule has 0 spiro atoms. The van der Waals surface area contributed by atoms with Crippen LogP contribution in [-0.2, 0) is 19.4 Å². The summed E-state index contributed by atoms with van der Waals surface area (Å²) >= 11 is 0. The SMILES string of the molecule is C=CC(Cc1cc(-c2ccc(C)n2Cc2ccc(CC#N)cc2)cc(F)c1N=C)c1ccc2[nH]c(=O)[nH]c2c1. The summed E-state index contributed by atoms with van der Waals surface area (Å²) in [5, 5.41) is 8.94. The monoisotopic (exact) mass is 517 g/mol. The smallest absolute Gasteiger partial charge is 0.323 e. The summed E-state index contributed by atoms with van der Waals surface area (Å²) in [6.45, 7) is 10.3. The van der Waals surface area contributed by atoms with Crippen LogP contribution >= 0.6 is 0 Å². The summed E-state index contributed by atoms with van der Waals surface area (Å²) in [6.07, 6.45) is 2.66. The van der Waals surface area contributed by atoms with Crippen molar-refractivity contribution in [3.8, 4) is 17.3 Å². The number of nitriles is 1. The molecule has 3 aromatic carbocycles. The van der Waals surface area contributed by atoms with Crippen LogP contribution in [0, 0.1) is 24.1 Å². The van der Waals surface area contributed by atoms with E-state index in [0.29, 0.717) is 24.9 Å². The van der Waals surface area contributed by atoms with Crippen molar-refractivity contribution < 1.29 is 4.39 Å². The number of imidazole rings is 1. The highest BCUT2D eigenvalue weighted by atomic mass is 19.1. The second kappa shape index (κ2) is 10.8. The molecule has 0 saturated carbocycles. The molecule has 0 bridgehead atoms. The number of aryl methyl sites for hydroxylation is 1. The van der Waals surface area contributed by atoms with Gasteiger partial charge in [0.25, 0.3) is 0 Å². The number of aliphatic imine (C=N–C) groups is 1. The zero-order valence-corrected chi connectivity index (χ0v) is 21.7. The van der Waals surface area contributed by atoms with Gasteiger partial charge in [-0.05, 0) is 78.7 Å². The fourth-order valence-corrected chi connectivity index (χ4v) is 5.06. The van der Waals surface area contributed by atoms with Gasteiger partial charge in [0.15, 0.2) is 0 Å². The first kappa shape index (κ1) is 25.7. The van der Waals surface area contributed by atoms with Gasteiger partial charge in [0, 0.05) is 29.4 Å². The maximum atomic E-state index is 15.4. The Kier molecular flexibility index (Phi) is 7.11. The van der Waals surface area contributed by atoms with Crippen molar-refractivity contribution in [2.24, 2.45) is 4.99 Å². The summed E-state index contributed by atoms with van der Waals surface area (Å²) < 4.78 is 17.6. The molecule has 1 atom stereocenters. The van der Waals surface area contributed by atoms with Crippen molar-refractivity contribution in [3.63, 3.8) is 0 Å². The van der Waals surface area contributed by atoms with Crippen LogP contribution in [0.15, 0.2) is 89.2 Å². The Bertz CT molecular complexity index is 1780. The maximum Gasteiger partial charge on any atom is 0.323 e. The van der Waals surface area contributed by atoms with Gasteiger partial charge in [0.05, 0.1) is 23.5 Å². The van der Waals surface area contributed by atoms with Crippen LogP contribution in [0.5, 0.6) is 0 Å². The van der Waals surface area contributed by atoms with E-state index in [4.69, 9.17) is 5.26 Å². The number of fused-ring (bicyclic) bond motifs is 1. The predicted molar refractivity (Wildman–Crippen MR) is 154 cm³/mol. The van der Waals surface area contributed by atoms with E-state index in [9.17, 15) is 4.79 Å². The van der Waals surface area contributed by atoms with Crippen LogP contribution < -0.4 is 5.69 Å². The van der Waals surface area contributed by atoms with Gasteiger partial charge in [-0.15, -0.1) is 6.58 Å². The molecule has 0 amide bonds. The molecular weight excluding hydrogens is 489 g/mol. The Hall–Kier alpha value is -4.96. The third kappa shape index (κ3) is 5.23. The molecule has 0 aliphatic rings. The topological polar surface area (TPSA) is 89.7 Å². The van der Waals surface area contributed by atoms with Gasteiger partial charge in [-0.2, -0.15) is 5.26 Å². The first-order chi connectivity index (χ1) is 18.9. The lowest BCUT2D eigenvalue weighted by Crippen LogP contribution is -2.05. The van der Waals surface area contributed by atoms with Crippen LogP contribution in [-0.4, -0.2) is 21.3 Å². The highest BCUT2D eigenvalue weighted by molar-refractivity contribution is 5.75. The number of aromatic nitrogens is 3. The van der Waals surface area contributed by atoms with Crippen molar-refractivity contribution in [1.29, 1.82) is 5.26 Å². The molecule has 5 aromatic rings. The summed E-state index contributed by atoms with van der Waals surface area (Å²) in [7, 11) is 0. The van der Waals surface area contributed by atoms with Gasteiger partial charge in [-0.3, -0.25) is 4.99 Å². The number of nitrogens with one attached hydrogen (secondary N) is 2. The molecule has 39 heavy (non-hydrogen) atoms. The minimum absolute atomic E-state index is 0.136. The average Bonchev–Trinajstić information content (AvgIpc) is 3.48. The molecule has 2 N–H and O–H groups in total. The number of halogens is 1. The number of rotatable bonds is 9. The molecule has 2 aromatic heterocycles. The molecule has 5 rings (SSSR count). The molecule has 0 fully saturated rings. The molecule has 2 heterocycles. The van der Waals surface area contributed by atoms with Crippen LogP contribution in [0.4, 0.5) is 10.1 Å². The number of benzene rings is 3. The van der Waals surface area contributed by atoms with Gasteiger partial charge < -0.3 is 14.5 Å². The van der Waals surface area contributed by atoms with Crippen LogP contribution in [0.25, 0.3) is 22.3 Å². The molecule has 0 aliphatic carbocycles. The summed E-state index contributed by atoms with van der Waals surface area (Å²) in [5.41, 5.74) is 7.83. The molecule has 0 saturated heterocycles. The number of hydrogen-bond acceptors (Lipinski definition) is 3. The fourth-order valence-electron chi connectivity index (χ4n) is 5.06. The van der Waals surface area contributed by atoms with Crippen molar-refractivity contribution >= 4 is 23.4 Å². The van der Waals surface area contributed by atoms with Crippen molar-refractivity contribution in [1.82, 2.24) is 14.5 Å². The summed E-state index contributed by atoms with van der Waals surface area (Å²) in [6, 6.07) is 23.4. The Balaban J connectivity index is 1.50. The third-order valence-corrected chi connectivity index (χ3v) is 7.13. The van der Waals surface area contributed by atoms with E-state index in [1.165, 1.54) is 6.07 Å². The molecular formula is C32H28FN5O. The zero-order valence-electron chi connectivity index (χ0n) is 21.7. The van der Waals surface area contributed by atoms with E-state index in [1.807, 2.05) is 73.7 Å². The number of hydrogen-bond donors (Lipinski definition) is 2. The second-order valence-corrected chi connectivity index (χ2v) is 9.65. The van der Waals surface area contributed by atoms with Gasteiger partial charge >= 0.3 is 5.69 Å². The standard InChI is InChI=1S/C32H28FN5O/c1-4-23(24-10-11-28-29(18-24)37-32(39)36-28)15-26-16-25(17-27(33)31(26)35-3)30-12-5-20(2)38(30)19-22-8-6-21(7-9-22)13-14-34/h4-12,16-18,23H,1,3,13,15,19H2,2H3,(H2,36,37,39). The van der Waals surface area contributed by atoms with E-state index in [-0.39, 0.29) is 17.3 Å². The summed E-state index contributed by atoms with van der Waals surface area (Å²) in [4.78, 5) is 21.3. The van der Waals surface area contributed by atoms with Crippen molar-refractivity contribution in [2.45, 2.75) is 32.2 Å². The lowest BCUT2D eigenvalue weighted by atomic mass is 9.90. The average molecular weight is 518 g/mol. The van der Waals surface area contributed by atoms with Crippen molar-refractivity contribution in [2.75, 3.05) is 0 Å². The van der Waals surface area contributed by atoms with Gasteiger partial charge in [-0.25, -0.2) is 9.18 Å². The first-order valence-electron chi connectivity index (χ1n) is 12.6. The second-order valence-electron chi connectivity index (χ2n) is 9.65. The van der Waals surface area contributed by atoms with Gasteiger partial charge in [0.2, 0.25) is 0 Å². The van der Waals surface area contributed by atoms with E-state index in [0.717, 1.165) is 44.7 Å². The van der Waals surface area contributed by atoms with E-state index in [2.05, 4.69) is 38.9 Å². The Morgan fingerprint density at radius 2 is 1.79 bits per heavy atom. The third-order valence-electron chi connectivity index (χ3n) is 7.13. The first-order valence-corrected chi connectivity index (χ1v) is 12.6. The Morgan fingerprint density at radius 3 is 2.51 bits per heavy atom. The fraction of sp³-hybridized carbons (Fsp3) is 0.156. The minimum Gasteiger partial charge on any atom is -0.340 e. The molecule has 6 nitrogen and oxygen atoms in total. The highest BCUT2D eigenvalue weighted by Crippen LogP contribution is 2.35.